The fraction of sp³-hybridized carbons (Fsp3) is 0.571. The molecule has 0 aliphatic rings. The molecule has 0 unspecified atom stereocenters. The van der Waals surface area contributed by atoms with Crippen molar-refractivity contribution < 1.29 is 0 Å². The smallest absolute Gasteiger partial charge is 0.159 e. The van der Waals surface area contributed by atoms with Crippen molar-refractivity contribution in [1.29, 1.82) is 0 Å². The van der Waals surface area contributed by atoms with Gasteiger partial charge in [-0.1, -0.05) is 0 Å². The van der Waals surface area contributed by atoms with Gasteiger partial charge in [0, 0.05) is 6.04 Å². The van der Waals surface area contributed by atoms with Crippen molar-refractivity contribution in [2.45, 2.75) is 26.8 Å². The van der Waals surface area contributed by atoms with Gasteiger partial charge in [0.05, 0.1) is 9.26 Å². The van der Waals surface area contributed by atoms with E-state index in [1.54, 1.807) is 0 Å². The monoisotopic (exact) mass is 265 g/mol. The number of nitrogens with zero attached hydrogens (tertiary/aromatic N) is 2. The Morgan fingerprint density at radius 2 is 2.09 bits per heavy atom. The average molecular weight is 265 g/mol. The first-order chi connectivity index (χ1) is 5.04. The number of nitrogen functional groups attached to an aromatic ring is 1. The third-order valence-corrected chi connectivity index (χ3v) is 2.92. The first kappa shape index (κ1) is 8.83. The van der Waals surface area contributed by atoms with Crippen molar-refractivity contribution in [3.8, 4) is 0 Å². The van der Waals surface area contributed by atoms with Gasteiger partial charge in [0.25, 0.3) is 0 Å². The lowest BCUT2D eigenvalue weighted by atomic mass is 10.4. The topological polar surface area (TPSA) is 43.8 Å². The highest BCUT2D eigenvalue weighted by Gasteiger charge is 2.10. The van der Waals surface area contributed by atoms with Crippen LogP contribution < -0.4 is 5.73 Å². The number of hydrogen-bond acceptors (Lipinski definition) is 2. The van der Waals surface area contributed by atoms with Crippen LogP contribution >= 0.6 is 22.6 Å². The van der Waals surface area contributed by atoms with Crippen molar-refractivity contribution in [2.24, 2.45) is 0 Å². The van der Waals surface area contributed by atoms with Crippen LogP contribution in [0.15, 0.2) is 0 Å². The predicted molar refractivity (Wildman–Crippen MR) is 54.5 cm³/mol. The molecule has 0 bridgehead atoms. The number of aromatic nitrogens is 2. The first-order valence-corrected chi connectivity index (χ1v) is 4.62. The van der Waals surface area contributed by atoms with E-state index in [2.05, 4.69) is 41.5 Å². The minimum absolute atomic E-state index is 0.390. The third-order valence-electron chi connectivity index (χ3n) is 1.59. The van der Waals surface area contributed by atoms with Gasteiger partial charge in [-0.05, 0) is 43.4 Å². The second kappa shape index (κ2) is 3.00. The summed E-state index contributed by atoms with van der Waals surface area (Å²) in [4.78, 5) is 0. The molecule has 1 heterocycles. The van der Waals surface area contributed by atoms with Gasteiger partial charge in [-0.3, -0.25) is 4.68 Å². The standard InChI is InChI=1S/C7H12IN3/c1-4(2)11-5(3)6(8)7(9)10-11/h4H,1-3H3,(H2,9,10). The molecule has 0 aliphatic heterocycles. The van der Waals surface area contributed by atoms with E-state index in [0.717, 1.165) is 9.26 Å². The molecule has 2 N–H and O–H groups in total. The molecule has 0 fully saturated rings. The Bertz CT molecular complexity index is 265. The van der Waals surface area contributed by atoms with Crippen LogP contribution in [0.1, 0.15) is 25.6 Å². The van der Waals surface area contributed by atoms with Crippen molar-refractivity contribution >= 4 is 28.4 Å². The summed E-state index contributed by atoms with van der Waals surface area (Å²) in [5.74, 6) is 0.636. The van der Waals surface area contributed by atoms with Crippen LogP contribution in [0.2, 0.25) is 0 Å². The number of rotatable bonds is 1. The quantitative estimate of drug-likeness (QED) is 0.789. The Labute approximate surface area is 80.1 Å². The van der Waals surface area contributed by atoms with Crippen LogP contribution in [0.4, 0.5) is 5.82 Å². The van der Waals surface area contributed by atoms with E-state index in [4.69, 9.17) is 5.73 Å². The van der Waals surface area contributed by atoms with E-state index in [9.17, 15) is 0 Å². The molecule has 1 aromatic rings. The summed E-state index contributed by atoms with van der Waals surface area (Å²) >= 11 is 2.21. The first-order valence-electron chi connectivity index (χ1n) is 3.54. The molecule has 0 atom stereocenters. The molecular weight excluding hydrogens is 253 g/mol. The van der Waals surface area contributed by atoms with Crippen LogP contribution in [0.25, 0.3) is 0 Å². The summed E-state index contributed by atoms with van der Waals surface area (Å²) in [6, 6.07) is 0.390. The lowest BCUT2D eigenvalue weighted by Crippen LogP contribution is -2.05. The largest absolute Gasteiger partial charge is 0.381 e. The van der Waals surface area contributed by atoms with Gasteiger partial charge in [-0.15, -0.1) is 0 Å². The fourth-order valence-electron chi connectivity index (χ4n) is 1.02. The van der Waals surface area contributed by atoms with E-state index in [1.165, 1.54) is 0 Å². The summed E-state index contributed by atoms with van der Waals surface area (Å²) in [6.07, 6.45) is 0. The van der Waals surface area contributed by atoms with E-state index < -0.39 is 0 Å². The second-order valence-electron chi connectivity index (χ2n) is 2.82. The molecule has 62 valence electrons. The van der Waals surface area contributed by atoms with Gasteiger partial charge < -0.3 is 5.73 Å². The van der Waals surface area contributed by atoms with Gasteiger partial charge >= 0.3 is 0 Å². The normalized spacial score (nSPS) is 11.0. The van der Waals surface area contributed by atoms with E-state index in [1.807, 2.05) is 11.6 Å². The highest BCUT2D eigenvalue weighted by Crippen LogP contribution is 2.20. The van der Waals surface area contributed by atoms with Crippen LogP contribution in [-0.2, 0) is 0 Å². The molecule has 11 heavy (non-hydrogen) atoms. The zero-order valence-electron chi connectivity index (χ0n) is 6.93. The Hall–Kier alpha value is -0.260. The molecule has 3 nitrogen and oxygen atoms in total. The highest BCUT2D eigenvalue weighted by molar-refractivity contribution is 14.1. The number of halogens is 1. The zero-order valence-corrected chi connectivity index (χ0v) is 9.08. The molecule has 1 rings (SSSR count). The van der Waals surface area contributed by atoms with Crippen LogP contribution in [0.5, 0.6) is 0 Å². The molecule has 0 radical (unpaired) electrons. The predicted octanol–water partition coefficient (Wildman–Crippen LogP) is 1.96. The number of anilines is 1. The molecule has 0 amide bonds. The summed E-state index contributed by atoms with van der Waals surface area (Å²) in [5.41, 5.74) is 6.79. The Morgan fingerprint density at radius 3 is 2.27 bits per heavy atom. The van der Waals surface area contributed by atoms with Crippen LogP contribution in [0.3, 0.4) is 0 Å². The minimum Gasteiger partial charge on any atom is -0.381 e. The van der Waals surface area contributed by atoms with Crippen molar-refractivity contribution in [2.75, 3.05) is 5.73 Å². The lowest BCUT2D eigenvalue weighted by Gasteiger charge is -2.06. The fourth-order valence-corrected chi connectivity index (χ4v) is 1.38. The highest BCUT2D eigenvalue weighted by atomic mass is 127. The van der Waals surface area contributed by atoms with Crippen molar-refractivity contribution in [1.82, 2.24) is 9.78 Å². The summed E-state index contributed by atoms with van der Waals surface area (Å²) in [7, 11) is 0. The van der Waals surface area contributed by atoms with Gasteiger partial charge in [0.1, 0.15) is 0 Å². The Kier molecular flexibility index (Phi) is 2.41. The van der Waals surface area contributed by atoms with Gasteiger partial charge in [0.2, 0.25) is 0 Å². The number of hydrogen-bond donors (Lipinski definition) is 1. The van der Waals surface area contributed by atoms with E-state index in [-0.39, 0.29) is 0 Å². The molecule has 0 spiro atoms. The Morgan fingerprint density at radius 1 is 1.55 bits per heavy atom. The maximum atomic E-state index is 5.64. The third kappa shape index (κ3) is 1.50. The van der Waals surface area contributed by atoms with Crippen molar-refractivity contribution in [3.05, 3.63) is 9.26 Å². The second-order valence-corrected chi connectivity index (χ2v) is 3.90. The molecule has 4 heteroatoms. The minimum atomic E-state index is 0.390. The number of nitrogens with two attached hydrogens (primary N) is 1. The van der Waals surface area contributed by atoms with E-state index in [0.29, 0.717) is 11.9 Å². The maximum Gasteiger partial charge on any atom is 0.159 e. The summed E-state index contributed by atoms with van der Waals surface area (Å²) in [5, 5.41) is 4.20. The molecule has 1 aromatic heterocycles. The van der Waals surface area contributed by atoms with Gasteiger partial charge in [-0.25, -0.2) is 0 Å². The lowest BCUT2D eigenvalue weighted by molar-refractivity contribution is 0.520. The Balaban J connectivity index is 3.19. The van der Waals surface area contributed by atoms with Gasteiger partial charge in [-0.2, -0.15) is 5.10 Å². The van der Waals surface area contributed by atoms with E-state index >= 15 is 0 Å². The molecule has 0 aromatic carbocycles. The van der Waals surface area contributed by atoms with Crippen LogP contribution in [0, 0.1) is 10.5 Å². The maximum absolute atomic E-state index is 5.64. The SMILES string of the molecule is Cc1c(I)c(N)nn1C(C)C. The van der Waals surface area contributed by atoms with Crippen LogP contribution in [-0.4, -0.2) is 9.78 Å². The van der Waals surface area contributed by atoms with Gasteiger partial charge in [0.15, 0.2) is 5.82 Å². The summed E-state index contributed by atoms with van der Waals surface area (Å²) in [6.45, 7) is 6.22. The summed E-state index contributed by atoms with van der Waals surface area (Å²) < 4.78 is 3.01. The molecular formula is C7H12IN3. The molecule has 0 saturated heterocycles. The molecule has 0 aliphatic carbocycles. The van der Waals surface area contributed by atoms with Crippen molar-refractivity contribution in [3.63, 3.8) is 0 Å². The average Bonchev–Trinajstić information content (AvgIpc) is 2.17. The zero-order chi connectivity index (χ0) is 8.59. The molecule has 0 saturated carbocycles.